The van der Waals surface area contributed by atoms with E-state index in [9.17, 15) is 0 Å². The van der Waals surface area contributed by atoms with Crippen molar-refractivity contribution in [2.24, 2.45) is 0 Å². The Kier molecular flexibility index (Phi) is 6.06. The number of hydrogen-bond acceptors (Lipinski definition) is 1. The van der Waals surface area contributed by atoms with E-state index in [1.54, 1.807) is 0 Å². The molecular weight excluding hydrogens is 336 g/mol. The van der Waals surface area contributed by atoms with Gasteiger partial charge in [0, 0.05) is 13.8 Å². The van der Waals surface area contributed by atoms with Crippen LogP contribution in [-0.4, -0.2) is 0 Å². The van der Waals surface area contributed by atoms with Gasteiger partial charge in [-0.05, 0) is 36.4 Å². The molecule has 0 N–H and O–H groups in total. The molecule has 0 aliphatic carbocycles. The molecule has 0 saturated carbocycles. The summed E-state index contributed by atoms with van der Waals surface area (Å²) in [5.74, 6) is 0. The smallest absolute Gasteiger partial charge is 0.0176 e. The molecule has 3 heteroatoms. The second kappa shape index (κ2) is 7.09. The molecule has 0 nitrogen and oxygen atoms in total. The summed E-state index contributed by atoms with van der Waals surface area (Å²) in [6, 6.07) is 17.7. The molecule has 0 heterocycles. The summed E-state index contributed by atoms with van der Waals surface area (Å²) < 4.78 is 2.22. The lowest BCUT2D eigenvalue weighted by atomic mass is 10.4. The van der Waals surface area contributed by atoms with E-state index >= 15 is 0 Å². The monoisotopic (exact) mass is 344 g/mol. The maximum atomic E-state index is 4.08. The van der Waals surface area contributed by atoms with Crippen LogP contribution in [0.15, 0.2) is 68.4 Å². The molecule has 0 fully saturated rings. The molecule has 2 aromatic carbocycles. The van der Waals surface area contributed by atoms with Gasteiger partial charge < -0.3 is 0 Å². The van der Waals surface area contributed by atoms with Gasteiger partial charge in [0.1, 0.15) is 0 Å². The summed E-state index contributed by atoms with van der Waals surface area (Å²) in [6.07, 6.45) is 0. The summed E-state index contributed by atoms with van der Waals surface area (Å²) in [5, 5.41) is 0. The van der Waals surface area contributed by atoms with Gasteiger partial charge in [0.25, 0.3) is 0 Å². The largest absolute Gasteiger partial charge is 0.143 e. The number of thiol groups is 1. The van der Waals surface area contributed by atoms with E-state index in [0.717, 1.165) is 13.8 Å². The van der Waals surface area contributed by atoms with Gasteiger partial charge in [-0.3, -0.25) is 0 Å². The SMILES string of the molecule is Brc1ccc(Br)cc1.Sc1ccccc1. The number of benzene rings is 2. The van der Waals surface area contributed by atoms with E-state index in [-0.39, 0.29) is 0 Å². The van der Waals surface area contributed by atoms with Crippen molar-refractivity contribution in [2.75, 3.05) is 0 Å². The normalized spacial score (nSPS) is 9.00. The fraction of sp³-hybridized carbons (Fsp3) is 0. The molecule has 0 radical (unpaired) electrons. The van der Waals surface area contributed by atoms with Crippen molar-refractivity contribution in [3.63, 3.8) is 0 Å². The Hall–Kier alpha value is -0.250. The van der Waals surface area contributed by atoms with Crippen LogP contribution in [0.5, 0.6) is 0 Å². The van der Waals surface area contributed by atoms with Crippen molar-refractivity contribution in [1.29, 1.82) is 0 Å². The lowest BCUT2D eigenvalue weighted by Gasteiger charge is -1.86. The van der Waals surface area contributed by atoms with E-state index in [0.29, 0.717) is 0 Å². The first-order valence-electron chi connectivity index (χ1n) is 4.33. The minimum absolute atomic E-state index is 1.02. The van der Waals surface area contributed by atoms with Crippen LogP contribution in [-0.2, 0) is 0 Å². The van der Waals surface area contributed by atoms with Crippen LogP contribution in [0, 0.1) is 0 Å². The molecule has 78 valence electrons. The van der Waals surface area contributed by atoms with Crippen molar-refractivity contribution in [1.82, 2.24) is 0 Å². The average molecular weight is 346 g/mol. The van der Waals surface area contributed by atoms with Crippen LogP contribution in [0.3, 0.4) is 0 Å². The predicted molar refractivity (Wildman–Crippen MR) is 75.5 cm³/mol. The zero-order valence-corrected chi connectivity index (χ0v) is 12.0. The Morgan fingerprint density at radius 3 is 1.33 bits per heavy atom. The van der Waals surface area contributed by atoms with Crippen LogP contribution < -0.4 is 0 Å². The Bertz CT molecular complexity index is 363. The van der Waals surface area contributed by atoms with Crippen molar-refractivity contribution < 1.29 is 0 Å². The Morgan fingerprint density at radius 2 is 1.07 bits per heavy atom. The van der Waals surface area contributed by atoms with E-state index in [2.05, 4.69) is 44.5 Å². The third-order valence-electron chi connectivity index (χ3n) is 1.56. The average Bonchev–Trinajstić information content (AvgIpc) is 2.25. The summed E-state index contributed by atoms with van der Waals surface area (Å²) in [6.45, 7) is 0. The molecule has 0 spiro atoms. The number of halogens is 2. The molecule has 2 aromatic rings. The number of rotatable bonds is 0. The summed E-state index contributed by atoms with van der Waals surface area (Å²) in [5.41, 5.74) is 0. The van der Waals surface area contributed by atoms with Crippen LogP contribution in [0.1, 0.15) is 0 Å². The molecule has 0 aliphatic heterocycles. The highest BCUT2D eigenvalue weighted by Crippen LogP contribution is 2.14. The van der Waals surface area contributed by atoms with Crippen molar-refractivity contribution in [3.05, 3.63) is 63.5 Å². The molecule has 0 amide bonds. The fourth-order valence-corrected chi connectivity index (χ4v) is 1.56. The Morgan fingerprint density at radius 1 is 0.667 bits per heavy atom. The van der Waals surface area contributed by atoms with E-state index in [1.807, 2.05) is 54.6 Å². The lowest BCUT2D eigenvalue weighted by molar-refractivity contribution is 1.48. The highest BCUT2D eigenvalue weighted by Gasteiger charge is 1.83. The maximum absolute atomic E-state index is 4.08. The first-order valence-corrected chi connectivity index (χ1v) is 6.37. The van der Waals surface area contributed by atoms with Gasteiger partial charge in [-0.1, -0.05) is 50.1 Å². The Labute approximate surface area is 112 Å². The molecule has 0 atom stereocenters. The van der Waals surface area contributed by atoms with E-state index < -0.39 is 0 Å². The number of hydrogen-bond donors (Lipinski definition) is 1. The van der Waals surface area contributed by atoms with Crippen LogP contribution >= 0.6 is 44.5 Å². The highest BCUT2D eigenvalue weighted by molar-refractivity contribution is 9.11. The van der Waals surface area contributed by atoms with Gasteiger partial charge in [0.15, 0.2) is 0 Å². The predicted octanol–water partition coefficient (Wildman–Crippen LogP) is 5.19. The zero-order chi connectivity index (χ0) is 11.1. The van der Waals surface area contributed by atoms with Gasteiger partial charge in [-0.15, -0.1) is 12.6 Å². The molecule has 2 rings (SSSR count). The first kappa shape index (κ1) is 12.8. The third-order valence-corrected chi connectivity index (χ3v) is 2.92. The maximum Gasteiger partial charge on any atom is 0.0176 e. The fourth-order valence-electron chi connectivity index (χ4n) is 0.858. The van der Waals surface area contributed by atoms with Crippen molar-refractivity contribution in [3.8, 4) is 0 Å². The lowest BCUT2D eigenvalue weighted by Crippen LogP contribution is -1.61. The van der Waals surface area contributed by atoms with Gasteiger partial charge in [-0.25, -0.2) is 0 Å². The van der Waals surface area contributed by atoms with Gasteiger partial charge >= 0.3 is 0 Å². The molecule has 0 unspecified atom stereocenters. The second-order valence-electron chi connectivity index (χ2n) is 2.77. The first-order chi connectivity index (χ1) is 7.18. The third kappa shape index (κ3) is 6.03. The highest BCUT2D eigenvalue weighted by atomic mass is 79.9. The molecule has 0 bridgehead atoms. The second-order valence-corrected chi connectivity index (χ2v) is 5.12. The summed E-state index contributed by atoms with van der Waals surface area (Å²) >= 11 is 10.7. The van der Waals surface area contributed by atoms with E-state index in [1.165, 1.54) is 0 Å². The van der Waals surface area contributed by atoms with E-state index in [4.69, 9.17) is 0 Å². The minimum Gasteiger partial charge on any atom is -0.143 e. The van der Waals surface area contributed by atoms with Crippen LogP contribution in [0.4, 0.5) is 0 Å². The van der Waals surface area contributed by atoms with Gasteiger partial charge in [0.05, 0.1) is 0 Å². The summed E-state index contributed by atoms with van der Waals surface area (Å²) in [7, 11) is 0. The zero-order valence-electron chi connectivity index (χ0n) is 7.90. The van der Waals surface area contributed by atoms with Crippen molar-refractivity contribution >= 4 is 44.5 Å². The summed E-state index contributed by atoms with van der Waals surface area (Å²) in [4.78, 5) is 1.02. The van der Waals surface area contributed by atoms with Crippen LogP contribution in [0.25, 0.3) is 0 Å². The quantitative estimate of drug-likeness (QED) is 0.624. The van der Waals surface area contributed by atoms with Crippen molar-refractivity contribution in [2.45, 2.75) is 4.90 Å². The van der Waals surface area contributed by atoms with Crippen LogP contribution in [0.2, 0.25) is 0 Å². The molecule has 0 aromatic heterocycles. The molecular formula is C12H10Br2S. The standard InChI is InChI=1S/C6H4Br2.C6H6S/c7-5-1-2-6(8)4-3-5;7-6-4-2-1-3-5-6/h1-4H;1-5,7H. The molecule has 15 heavy (non-hydrogen) atoms. The van der Waals surface area contributed by atoms with Gasteiger partial charge in [0.2, 0.25) is 0 Å². The Balaban J connectivity index is 0.000000151. The minimum atomic E-state index is 1.02. The molecule has 0 saturated heterocycles. The van der Waals surface area contributed by atoms with Gasteiger partial charge in [-0.2, -0.15) is 0 Å². The topological polar surface area (TPSA) is 0 Å². The molecule has 0 aliphatic rings.